The van der Waals surface area contributed by atoms with Gasteiger partial charge in [-0.05, 0) is 30.7 Å². The van der Waals surface area contributed by atoms with Crippen LogP contribution < -0.4 is 4.72 Å². The van der Waals surface area contributed by atoms with E-state index in [1.54, 1.807) is 31.2 Å². The number of para-hydroxylation sites is 1. The number of aryl methyl sites for hydroxylation is 1. The molecule has 8 heteroatoms. The van der Waals surface area contributed by atoms with Crippen LogP contribution in [0.3, 0.4) is 0 Å². The standard InChI is InChI=1S/C14H11Cl2NO4S/c1-8-4-2-3-5-12(8)17-22(20,21)13-6-9(14(18)19)10(15)7-11(13)16/h2-7,17H,1H3,(H,18,19). The van der Waals surface area contributed by atoms with Crippen LogP contribution in [0.1, 0.15) is 15.9 Å². The number of carboxylic acid groups (broad SMARTS) is 1. The maximum absolute atomic E-state index is 12.4. The number of carbonyl (C=O) groups is 1. The number of hydrogen-bond donors (Lipinski definition) is 2. The van der Waals surface area contributed by atoms with Gasteiger partial charge in [0.25, 0.3) is 10.0 Å². The third kappa shape index (κ3) is 3.35. The van der Waals surface area contributed by atoms with Crippen LogP contribution >= 0.6 is 23.2 Å². The minimum Gasteiger partial charge on any atom is -0.478 e. The average Bonchev–Trinajstić information content (AvgIpc) is 2.40. The smallest absolute Gasteiger partial charge is 0.337 e. The van der Waals surface area contributed by atoms with Crippen molar-refractivity contribution in [3.8, 4) is 0 Å². The summed E-state index contributed by atoms with van der Waals surface area (Å²) in [5.74, 6) is -1.34. The third-order valence-corrected chi connectivity index (χ3v) is 5.07. The highest BCUT2D eigenvalue weighted by molar-refractivity contribution is 7.92. The van der Waals surface area contributed by atoms with E-state index in [2.05, 4.69) is 4.72 Å². The summed E-state index contributed by atoms with van der Waals surface area (Å²) in [6.45, 7) is 1.74. The molecule has 5 nitrogen and oxygen atoms in total. The molecule has 0 aliphatic rings. The molecule has 22 heavy (non-hydrogen) atoms. The maximum Gasteiger partial charge on any atom is 0.337 e. The largest absolute Gasteiger partial charge is 0.478 e. The van der Waals surface area contributed by atoms with Gasteiger partial charge in [0.15, 0.2) is 0 Å². The lowest BCUT2D eigenvalue weighted by molar-refractivity contribution is 0.0697. The molecule has 0 heterocycles. The predicted octanol–water partition coefficient (Wildman–Crippen LogP) is 3.80. The van der Waals surface area contributed by atoms with Crippen molar-refractivity contribution < 1.29 is 18.3 Å². The van der Waals surface area contributed by atoms with Crippen molar-refractivity contribution in [1.82, 2.24) is 0 Å². The molecule has 0 aromatic heterocycles. The molecular formula is C14H11Cl2NO4S. The monoisotopic (exact) mass is 359 g/mol. The van der Waals surface area contributed by atoms with Crippen LogP contribution in [0.25, 0.3) is 0 Å². The molecule has 0 aliphatic heterocycles. The van der Waals surface area contributed by atoms with E-state index < -0.39 is 16.0 Å². The van der Waals surface area contributed by atoms with E-state index >= 15 is 0 Å². The van der Waals surface area contributed by atoms with E-state index in [9.17, 15) is 13.2 Å². The number of benzene rings is 2. The molecule has 0 saturated carbocycles. The van der Waals surface area contributed by atoms with Gasteiger partial charge in [-0.3, -0.25) is 4.72 Å². The molecule has 116 valence electrons. The second-order valence-corrected chi connectivity index (χ2v) is 6.95. The fourth-order valence-electron chi connectivity index (χ4n) is 1.79. The first kappa shape index (κ1) is 16.6. The summed E-state index contributed by atoms with van der Waals surface area (Å²) < 4.78 is 27.2. The molecule has 0 radical (unpaired) electrons. The molecule has 0 fully saturated rings. The summed E-state index contributed by atoms with van der Waals surface area (Å²) in [6.07, 6.45) is 0. The predicted molar refractivity (Wildman–Crippen MR) is 85.4 cm³/mol. The number of rotatable bonds is 4. The zero-order valence-electron chi connectivity index (χ0n) is 11.3. The van der Waals surface area contributed by atoms with Crippen molar-refractivity contribution in [2.45, 2.75) is 11.8 Å². The minimum atomic E-state index is -4.04. The number of anilines is 1. The van der Waals surface area contributed by atoms with E-state index in [4.69, 9.17) is 28.3 Å². The first-order valence-corrected chi connectivity index (χ1v) is 8.27. The third-order valence-electron chi connectivity index (χ3n) is 2.93. The Kier molecular flexibility index (Phi) is 4.65. The highest BCUT2D eigenvalue weighted by Crippen LogP contribution is 2.30. The summed E-state index contributed by atoms with van der Waals surface area (Å²) in [5, 5.41) is 8.75. The zero-order valence-corrected chi connectivity index (χ0v) is 13.6. The number of nitrogens with one attached hydrogen (secondary N) is 1. The molecule has 0 atom stereocenters. The summed E-state index contributed by atoms with van der Waals surface area (Å²) in [4.78, 5) is 10.7. The lowest BCUT2D eigenvalue weighted by atomic mass is 10.2. The van der Waals surface area contributed by atoms with Gasteiger partial charge in [0, 0.05) is 0 Å². The van der Waals surface area contributed by atoms with Crippen molar-refractivity contribution in [1.29, 1.82) is 0 Å². The highest BCUT2D eigenvalue weighted by atomic mass is 35.5. The van der Waals surface area contributed by atoms with E-state index in [0.717, 1.165) is 17.7 Å². The first-order valence-electron chi connectivity index (χ1n) is 6.03. The molecule has 2 aromatic rings. The Morgan fingerprint density at radius 3 is 2.36 bits per heavy atom. The van der Waals surface area contributed by atoms with Crippen molar-refractivity contribution in [2.75, 3.05) is 4.72 Å². The fourth-order valence-corrected chi connectivity index (χ4v) is 3.77. The van der Waals surface area contributed by atoms with Crippen LogP contribution in [0.4, 0.5) is 5.69 Å². The van der Waals surface area contributed by atoms with Crippen LogP contribution in [0.15, 0.2) is 41.3 Å². The number of halogens is 2. The Morgan fingerprint density at radius 1 is 1.14 bits per heavy atom. The van der Waals surface area contributed by atoms with Crippen molar-refractivity contribution in [3.63, 3.8) is 0 Å². The normalized spacial score (nSPS) is 11.2. The lowest BCUT2D eigenvalue weighted by Gasteiger charge is -2.12. The first-order chi connectivity index (χ1) is 10.2. The molecule has 0 aliphatic carbocycles. The number of sulfonamides is 1. The average molecular weight is 360 g/mol. The molecule has 0 amide bonds. The number of carboxylic acids is 1. The Balaban J connectivity index is 2.52. The van der Waals surface area contributed by atoms with Gasteiger partial charge in [-0.15, -0.1) is 0 Å². The van der Waals surface area contributed by atoms with E-state index in [1.165, 1.54) is 0 Å². The van der Waals surface area contributed by atoms with E-state index in [-0.39, 0.29) is 20.5 Å². The quantitative estimate of drug-likeness (QED) is 0.869. The maximum atomic E-state index is 12.4. The Morgan fingerprint density at radius 2 is 1.77 bits per heavy atom. The number of aromatic carboxylic acids is 1. The fraction of sp³-hybridized carbons (Fsp3) is 0.0714. The SMILES string of the molecule is Cc1ccccc1NS(=O)(=O)c1cc(C(=O)O)c(Cl)cc1Cl. The van der Waals surface area contributed by atoms with E-state index in [0.29, 0.717) is 5.69 Å². The topological polar surface area (TPSA) is 83.5 Å². The van der Waals surface area contributed by atoms with Crippen LogP contribution in [0.5, 0.6) is 0 Å². The van der Waals surface area contributed by atoms with Crippen LogP contribution in [0.2, 0.25) is 10.0 Å². The Labute approximate surface area is 137 Å². The Bertz CT molecular complexity index is 850. The van der Waals surface area contributed by atoms with Crippen LogP contribution in [0, 0.1) is 6.92 Å². The van der Waals surface area contributed by atoms with Gasteiger partial charge >= 0.3 is 5.97 Å². The molecular weight excluding hydrogens is 349 g/mol. The second-order valence-electron chi connectivity index (χ2n) is 4.49. The summed E-state index contributed by atoms with van der Waals surface area (Å²) in [6, 6.07) is 8.81. The molecule has 0 unspecified atom stereocenters. The van der Waals surface area contributed by atoms with Crippen molar-refractivity contribution in [3.05, 3.63) is 57.6 Å². The molecule has 2 aromatic carbocycles. The second kappa shape index (κ2) is 6.16. The molecule has 2 N–H and O–H groups in total. The van der Waals surface area contributed by atoms with Gasteiger partial charge in [-0.1, -0.05) is 41.4 Å². The van der Waals surface area contributed by atoms with Crippen LogP contribution in [-0.4, -0.2) is 19.5 Å². The molecule has 2 rings (SSSR count). The van der Waals surface area contributed by atoms with Crippen molar-refractivity contribution in [2.24, 2.45) is 0 Å². The summed E-state index contributed by atoms with van der Waals surface area (Å²) in [7, 11) is -4.04. The van der Waals surface area contributed by atoms with Gasteiger partial charge in [-0.25, -0.2) is 13.2 Å². The molecule has 0 bridgehead atoms. The van der Waals surface area contributed by atoms with Gasteiger partial charge in [0.2, 0.25) is 0 Å². The number of hydrogen-bond acceptors (Lipinski definition) is 3. The van der Waals surface area contributed by atoms with Crippen molar-refractivity contribution >= 4 is 44.9 Å². The summed E-state index contributed by atoms with van der Waals surface area (Å²) >= 11 is 11.7. The van der Waals surface area contributed by atoms with Crippen LogP contribution in [-0.2, 0) is 10.0 Å². The van der Waals surface area contributed by atoms with Gasteiger partial charge in [-0.2, -0.15) is 0 Å². The highest BCUT2D eigenvalue weighted by Gasteiger charge is 2.23. The zero-order chi connectivity index (χ0) is 16.5. The minimum absolute atomic E-state index is 0.132. The summed E-state index contributed by atoms with van der Waals surface area (Å²) in [5.41, 5.74) is 0.760. The van der Waals surface area contributed by atoms with Gasteiger partial charge in [0.05, 0.1) is 21.3 Å². The molecule has 0 saturated heterocycles. The molecule has 0 spiro atoms. The van der Waals surface area contributed by atoms with Gasteiger partial charge < -0.3 is 5.11 Å². The van der Waals surface area contributed by atoms with Gasteiger partial charge in [0.1, 0.15) is 4.90 Å². The Hall–Kier alpha value is -1.76. The lowest BCUT2D eigenvalue weighted by Crippen LogP contribution is -2.15. The van der Waals surface area contributed by atoms with E-state index in [1.807, 2.05) is 0 Å².